The molecule has 24 heavy (non-hydrogen) atoms. The number of thiophene rings is 1. The van der Waals surface area contributed by atoms with E-state index in [0.717, 1.165) is 4.90 Å². The molecule has 0 spiro atoms. The first-order valence-corrected chi connectivity index (χ1v) is 8.55. The van der Waals surface area contributed by atoms with Crippen molar-refractivity contribution in [3.05, 3.63) is 22.4 Å². The Morgan fingerprint density at radius 2 is 2.17 bits per heavy atom. The van der Waals surface area contributed by atoms with Crippen LogP contribution in [0, 0.1) is 0 Å². The number of carbonyl (C=O) groups excluding carboxylic acids is 4. The number of esters is 1. The highest BCUT2D eigenvalue weighted by molar-refractivity contribution is 7.12. The van der Waals surface area contributed by atoms with Crippen molar-refractivity contribution in [2.75, 3.05) is 26.2 Å². The molecule has 9 heteroatoms. The van der Waals surface area contributed by atoms with Gasteiger partial charge in [0.15, 0.2) is 6.61 Å². The molecular formula is C15H17N3O5S. The van der Waals surface area contributed by atoms with Crippen LogP contribution >= 0.6 is 11.3 Å². The predicted molar refractivity (Wildman–Crippen MR) is 84.4 cm³/mol. The van der Waals surface area contributed by atoms with E-state index in [4.69, 9.17) is 4.74 Å². The summed E-state index contributed by atoms with van der Waals surface area (Å²) in [5, 5.41) is 4.31. The van der Waals surface area contributed by atoms with Crippen molar-refractivity contribution in [2.45, 2.75) is 18.9 Å². The van der Waals surface area contributed by atoms with Crippen molar-refractivity contribution in [1.82, 2.24) is 15.1 Å². The van der Waals surface area contributed by atoms with Gasteiger partial charge in [0.05, 0.1) is 4.88 Å². The summed E-state index contributed by atoms with van der Waals surface area (Å²) in [6.45, 7) is 0.647. The maximum Gasteiger partial charge on any atom is 0.329 e. The lowest BCUT2D eigenvalue weighted by Crippen LogP contribution is -2.43. The fraction of sp³-hybridized carbons (Fsp3) is 0.467. The molecule has 1 aromatic heterocycles. The van der Waals surface area contributed by atoms with Gasteiger partial charge in [-0.15, -0.1) is 11.3 Å². The van der Waals surface area contributed by atoms with Gasteiger partial charge in [0.25, 0.3) is 11.8 Å². The smallest absolute Gasteiger partial charge is 0.329 e. The van der Waals surface area contributed by atoms with Crippen molar-refractivity contribution in [3.8, 4) is 0 Å². The lowest BCUT2D eigenvalue weighted by atomic mass is 10.2. The zero-order valence-electron chi connectivity index (χ0n) is 12.9. The Morgan fingerprint density at radius 1 is 1.33 bits per heavy atom. The van der Waals surface area contributed by atoms with Crippen LogP contribution in [0.5, 0.6) is 0 Å². The molecule has 0 aliphatic carbocycles. The second kappa shape index (κ2) is 7.00. The van der Waals surface area contributed by atoms with E-state index in [-0.39, 0.29) is 12.5 Å². The summed E-state index contributed by atoms with van der Waals surface area (Å²) in [4.78, 5) is 51.0. The van der Waals surface area contributed by atoms with E-state index >= 15 is 0 Å². The molecule has 128 valence electrons. The van der Waals surface area contributed by atoms with E-state index in [1.165, 1.54) is 16.2 Å². The fourth-order valence-electron chi connectivity index (χ4n) is 2.81. The largest absolute Gasteiger partial charge is 0.454 e. The van der Waals surface area contributed by atoms with Gasteiger partial charge in [0.1, 0.15) is 6.04 Å². The van der Waals surface area contributed by atoms with Crippen LogP contribution < -0.4 is 5.32 Å². The van der Waals surface area contributed by atoms with Gasteiger partial charge in [-0.2, -0.15) is 0 Å². The Kier molecular flexibility index (Phi) is 4.79. The summed E-state index contributed by atoms with van der Waals surface area (Å²) in [5.41, 5.74) is 0. The molecule has 2 aliphatic rings. The summed E-state index contributed by atoms with van der Waals surface area (Å²) in [6.07, 6.45) is 1.22. The number of amides is 4. The van der Waals surface area contributed by atoms with E-state index in [1.807, 2.05) is 0 Å². The number of likely N-dealkylation sites (tertiary alicyclic amines) is 1. The van der Waals surface area contributed by atoms with E-state index in [2.05, 4.69) is 5.32 Å². The van der Waals surface area contributed by atoms with Crippen molar-refractivity contribution < 1.29 is 23.9 Å². The molecule has 1 N–H and O–H groups in total. The molecule has 2 saturated heterocycles. The summed E-state index contributed by atoms with van der Waals surface area (Å²) < 4.78 is 5.05. The zero-order valence-corrected chi connectivity index (χ0v) is 13.7. The average Bonchev–Trinajstić information content (AvgIpc) is 3.31. The van der Waals surface area contributed by atoms with Gasteiger partial charge in [0.2, 0.25) is 0 Å². The number of ether oxygens (including phenoxy) is 1. The monoisotopic (exact) mass is 351 g/mol. The molecule has 8 nitrogen and oxygen atoms in total. The molecule has 0 bridgehead atoms. The number of rotatable bonds is 4. The fourth-order valence-corrected chi connectivity index (χ4v) is 3.49. The SMILES string of the molecule is O=C(OCC(=O)N1CCNC1=O)[C@@H]1CCCN1C(=O)c1cccs1. The van der Waals surface area contributed by atoms with Crippen molar-refractivity contribution in [1.29, 1.82) is 0 Å². The number of nitrogens with zero attached hydrogens (tertiary/aromatic N) is 2. The van der Waals surface area contributed by atoms with Gasteiger partial charge >= 0.3 is 12.0 Å². The van der Waals surface area contributed by atoms with Crippen molar-refractivity contribution in [3.63, 3.8) is 0 Å². The lowest BCUT2D eigenvalue weighted by Gasteiger charge is -2.23. The van der Waals surface area contributed by atoms with E-state index < -0.39 is 30.6 Å². The standard InChI is InChI=1S/C15H17N3O5S/c19-12(18-7-5-16-15(18)22)9-23-14(21)10-3-1-6-17(10)13(20)11-4-2-8-24-11/h2,4,8,10H,1,3,5-7,9H2,(H,16,22)/t10-/m0/s1. The topological polar surface area (TPSA) is 96.0 Å². The van der Waals surface area contributed by atoms with Crippen LogP contribution in [0.25, 0.3) is 0 Å². The number of hydrogen-bond acceptors (Lipinski definition) is 6. The Labute approximate surface area is 142 Å². The van der Waals surface area contributed by atoms with Gasteiger partial charge in [0, 0.05) is 19.6 Å². The molecule has 4 amide bonds. The third kappa shape index (κ3) is 3.25. The van der Waals surface area contributed by atoms with Crippen LogP contribution in [0.2, 0.25) is 0 Å². The quantitative estimate of drug-likeness (QED) is 0.795. The van der Waals surface area contributed by atoms with E-state index in [9.17, 15) is 19.2 Å². The number of urea groups is 1. The normalized spacial score (nSPS) is 20.2. The summed E-state index contributed by atoms with van der Waals surface area (Å²) >= 11 is 1.32. The Morgan fingerprint density at radius 3 is 2.83 bits per heavy atom. The summed E-state index contributed by atoms with van der Waals surface area (Å²) in [7, 11) is 0. The van der Waals surface area contributed by atoms with Crippen LogP contribution in [-0.2, 0) is 14.3 Å². The zero-order chi connectivity index (χ0) is 17.1. The number of nitrogens with one attached hydrogen (secondary N) is 1. The van der Waals surface area contributed by atoms with Gasteiger partial charge in [-0.05, 0) is 24.3 Å². The molecule has 3 heterocycles. The molecule has 2 aliphatic heterocycles. The highest BCUT2D eigenvalue weighted by atomic mass is 32.1. The first-order chi connectivity index (χ1) is 11.6. The second-order valence-corrected chi connectivity index (χ2v) is 6.47. The molecule has 0 saturated carbocycles. The third-order valence-electron chi connectivity index (χ3n) is 4.01. The molecule has 1 aromatic rings. The summed E-state index contributed by atoms with van der Waals surface area (Å²) in [6, 6.07) is 2.33. The lowest BCUT2D eigenvalue weighted by molar-refractivity contribution is -0.154. The van der Waals surface area contributed by atoms with Gasteiger partial charge in [-0.1, -0.05) is 6.07 Å². The maximum atomic E-state index is 12.4. The van der Waals surface area contributed by atoms with Crippen LogP contribution in [0.3, 0.4) is 0 Å². The van der Waals surface area contributed by atoms with Gasteiger partial charge in [-0.25, -0.2) is 9.59 Å². The number of carbonyl (C=O) groups is 4. The Bertz CT molecular complexity index is 660. The minimum atomic E-state index is -0.681. The van der Waals surface area contributed by atoms with Crippen LogP contribution in [0.15, 0.2) is 17.5 Å². The van der Waals surface area contributed by atoms with Gasteiger partial charge in [-0.3, -0.25) is 14.5 Å². The third-order valence-corrected chi connectivity index (χ3v) is 4.87. The molecule has 0 unspecified atom stereocenters. The first-order valence-electron chi connectivity index (χ1n) is 7.67. The number of imide groups is 1. The molecular weight excluding hydrogens is 334 g/mol. The Balaban J connectivity index is 1.57. The van der Waals surface area contributed by atoms with Crippen molar-refractivity contribution >= 4 is 35.2 Å². The average molecular weight is 351 g/mol. The molecule has 1 atom stereocenters. The predicted octanol–water partition coefficient (Wildman–Crippen LogP) is 0.448. The number of hydrogen-bond donors (Lipinski definition) is 1. The second-order valence-electron chi connectivity index (χ2n) is 5.52. The Hall–Kier alpha value is -2.42. The van der Waals surface area contributed by atoms with Crippen LogP contribution in [0.1, 0.15) is 22.5 Å². The highest BCUT2D eigenvalue weighted by Crippen LogP contribution is 2.23. The van der Waals surface area contributed by atoms with E-state index in [1.54, 1.807) is 17.5 Å². The minimum Gasteiger partial charge on any atom is -0.454 e. The van der Waals surface area contributed by atoms with Gasteiger partial charge < -0.3 is 15.0 Å². The molecule has 2 fully saturated rings. The molecule has 0 radical (unpaired) electrons. The molecule has 3 rings (SSSR count). The highest BCUT2D eigenvalue weighted by Gasteiger charge is 2.36. The van der Waals surface area contributed by atoms with Crippen molar-refractivity contribution in [2.24, 2.45) is 0 Å². The molecule has 0 aromatic carbocycles. The van der Waals surface area contributed by atoms with Crippen LogP contribution in [0.4, 0.5) is 4.79 Å². The van der Waals surface area contributed by atoms with E-state index in [0.29, 0.717) is 30.8 Å². The summed E-state index contributed by atoms with van der Waals surface area (Å²) in [5.74, 6) is -1.37. The minimum absolute atomic E-state index is 0.199. The maximum absolute atomic E-state index is 12.4. The van der Waals surface area contributed by atoms with Crippen LogP contribution in [-0.4, -0.2) is 65.9 Å². The first kappa shape index (κ1) is 16.4.